The van der Waals surface area contributed by atoms with Crippen LogP contribution in [-0.4, -0.2) is 40.1 Å². The molecule has 9 nitrogen and oxygen atoms in total. The predicted octanol–water partition coefficient (Wildman–Crippen LogP) is 1.49. The Morgan fingerprint density at radius 1 is 1.36 bits per heavy atom. The van der Waals surface area contributed by atoms with E-state index in [9.17, 15) is 19.2 Å². The molecule has 3 heterocycles. The van der Waals surface area contributed by atoms with Gasteiger partial charge in [0.05, 0.1) is 5.39 Å². The molecule has 0 radical (unpaired) electrons. The van der Waals surface area contributed by atoms with Gasteiger partial charge in [0.2, 0.25) is 0 Å². The van der Waals surface area contributed by atoms with Crippen molar-refractivity contribution in [1.82, 2.24) is 20.2 Å². The third kappa shape index (κ3) is 3.91. The quantitative estimate of drug-likeness (QED) is 0.726. The number of nitrogens with zero attached hydrogens (tertiary/aromatic N) is 2. The lowest BCUT2D eigenvalue weighted by atomic mass is 10.2. The molecule has 28 heavy (non-hydrogen) atoms. The molecule has 1 aliphatic heterocycles. The van der Waals surface area contributed by atoms with Gasteiger partial charge in [-0.05, 0) is 32.3 Å². The number of amides is 3. The van der Waals surface area contributed by atoms with E-state index < -0.39 is 24.5 Å². The maximum Gasteiger partial charge on any atom is 0.349 e. The van der Waals surface area contributed by atoms with E-state index in [1.54, 1.807) is 18.4 Å². The van der Waals surface area contributed by atoms with Gasteiger partial charge in [-0.25, -0.2) is 14.6 Å². The minimum atomic E-state index is -0.731. The number of aromatic nitrogens is 2. The number of carbonyl (C=O) groups excluding carboxylic acids is 3. The maximum absolute atomic E-state index is 12.6. The highest BCUT2D eigenvalue weighted by Crippen LogP contribution is 2.29. The summed E-state index contributed by atoms with van der Waals surface area (Å²) in [6, 6.07) is -0.718. The van der Waals surface area contributed by atoms with Crippen molar-refractivity contribution in [2.45, 2.75) is 52.6 Å². The molecule has 0 saturated heterocycles. The van der Waals surface area contributed by atoms with Crippen LogP contribution < -0.4 is 16.2 Å². The predicted molar refractivity (Wildman–Crippen MR) is 104 cm³/mol. The molecule has 0 saturated carbocycles. The van der Waals surface area contributed by atoms with Crippen molar-refractivity contribution in [3.8, 4) is 0 Å². The number of aryl methyl sites for hydroxylation is 2. The smallest absolute Gasteiger partial charge is 0.349 e. The fourth-order valence-corrected chi connectivity index (χ4v) is 4.08. The van der Waals surface area contributed by atoms with Crippen LogP contribution in [0.15, 0.2) is 4.79 Å². The van der Waals surface area contributed by atoms with Gasteiger partial charge in [0.1, 0.15) is 15.5 Å². The summed E-state index contributed by atoms with van der Waals surface area (Å²) in [6.45, 7) is 5.41. The number of fused-ring (bicyclic) bond motifs is 2. The van der Waals surface area contributed by atoms with Gasteiger partial charge >= 0.3 is 12.0 Å². The summed E-state index contributed by atoms with van der Waals surface area (Å²) in [5.41, 5.74) is 0.351. The van der Waals surface area contributed by atoms with Gasteiger partial charge in [-0.15, -0.1) is 11.3 Å². The van der Waals surface area contributed by atoms with Gasteiger partial charge in [-0.3, -0.25) is 19.5 Å². The molecule has 1 atom stereocenters. The van der Waals surface area contributed by atoms with E-state index in [4.69, 9.17) is 4.74 Å². The van der Waals surface area contributed by atoms with Crippen molar-refractivity contribution in [2.75, 3.05) is 6.61 Å². The molecule has 0 bridgehead atoms. The molecular weight excluding hydrogens is 384 g/mol. The van der Waals surface area contributed by atoms with Crippen LogP contribution in [0.2, 0.25) is 0 Å². The largest absolute Gasteiger partial charge is 0.451 e. The van der Waals surface area contributed by atoms with Gasteiger partial charge in [0.15, 0.2) is 6.61 Å². The second kappa shape index (κ2) is 8.09. The third-order valence-corrected chi connectivity index (χ3v) is 5.84. The number of hydrogen-bond donors (Lipinski definition) is 2. The van der Waals surface area contributed by atoms with Gasteiger partial charge in [-0.1, -0.05) is 6.92 Å². The lowest BCUT2D eigenvalue weighted by Crippen LogP contribution is -2.44. The second-order valence-corrected chi connectivity index (χ2v) is 7.73. The van der Waals surface area contributed by atoms with E-state index in [1.807, 2.05) is 6.92 Å². The average molecular weight is 406 g/mol. The molecule has 10 heteroatoms. The Morgan fingerprint density at radius 2 is 2.11 bits per heavy atom. The topological polar surface area (TPSA) is 119 Å². The molecule has 3 amide bonds. The van der Waals surface area contributed by atoms with Crippen molar-refractivity contribution in [3.63, 3.8) is 0 Å². The Hall–Kier alpha value is -2.75. The number of esters is 1. The van der Waals surface area contributed by atoms with Crippen molar-refractivity contribution in [1.29, 1.82) is 0 Å². The molecule has 2 aromatic heterocycles. The fraction of sp³-hybridized carbons (Fsp3) is 0.500. The van der Waals surface area contributed by atoms with Crippen LogP contribution in [0.3, 0.4) is 0 Å². The SMILES string of the molecule is CC[C@H](C)NC(=O)NC(=O)COC(=O)c1sc2nc3n(c(=O)c2c1C)CCC3. The number of carbonyl (C=O) groups is 3. The van der Waals surface area contributed by atoms with Crippen LogP contribution in [-0.2, 0) is 22.5 Å². The summed E-state index contributed by atoms with van der Waals surface area (Å²) >= 11 is 1.08. The van der Waals surface area contributed by atoms with Crippen molar-refractivity contribution >= 4 is 39.5 Å². The zero-order chi connectivity index (χ0) is 20.4. The van der Waals surface area contributed by atoms with E-state index in [0.29, 0.717) is 22.3 Å². The number of rotatable bonds is 5. The summed E-state index contributed by atoms with van der Waals surface area (Å²) in [7, 11) is 0. The van der Waals surface area contributed by atoms with Crippen molar-refractivity contribution in [3.05, 3.63) is 26.6 Å². The molecule has 1 aliphatic rings. The lowest BCUT2D eigenvalue weighted by molar-refractivity contribution is -0.123. The summed E-state index contributed by atoms with van der Waals surface area (Å²) < 4.78 is 6.66. The summed E-state index contributed by atoms with van der Waals surface area (Å²) in [4.78, 5) is 53.7. The van der Waals surface area contributed by atoms with Crippen LogP contribution in [0, 0.1) is 6.92 Å². The number of urea groups is 1. The Balaban J connectivity index is 1.68. The Kier molecular flexibility index (Phi) is 5.78. The number of thiophene rings is 1. The number of hydrogen-bond acceptors (Lipinski definition) is 7. The summed E-state index contributed by atoms with van der Waals surface area (Å²) in [6.07, 6.45) is 2.34. The second-order valence-electron chi connectivity index (χ2n) is 6.73. The molecule has 150 valence electrons. The first-order valence-electron chi connectivity index (χ1n) is 9.12. The normalized spacial score (nSPS) is 13.8. The molecule has 0 aliphatic carbocycles. The van der Waals surface area contributed by atoms with Gasteiger partial charge < -0.3 is 10.1 Å². The van der Waals surface area contributed by atoms with Gasteiger partial charge in [0.25, 0.3) is 11.5 Å². The van der Waals surface area contributed by atoms with E-state index in [1.165, 1.54) is 0 Å². The molecule has 2 aromatic rings. The van der Waals surface area contributed by atoms with Crippen molar-refractivity contribution < 1.29 is 19.1 Å². The molecule has 0 aromatic carbocycles. The molecule has 0 spiro atoms. The molecule has 3 rings (SSSR count). The van der Waals surface area contributed by atoms with E-state index in [-0.39, 0.29) is 16.5 Å². The summed E-state index contributed by atoms with van der Waals surface area (Å²) in [5, 5.41) is 5.10. The maximum atomic E-state index is 12.6. The first kappa shape index (κ1) is 20.0. The molecular formula is C18H22N4O5S. The number of ether oxygens (including phenoxy) is 1. The van der Waals surface area contributed by atoms with Crippen LogP contribution in [0.4, 0.5) is 4.79 Å². The van der Waals surface area contributed by atoms with E-state index >= 15 is 0 Å². The highest BCUT2D eigenvalue weighted by atomic mass is 32.1. The lowest BCUT2D eigenvalue weighted by Gasteiger charge is -2.11. The Labute approximate surface area is 165 Å². The van der Waals surface area contributed by atoms with Gasteiger partial charge in [0, 0.05) is 19.0 Å². The third-order valence-electron chi connectivity index (χ3n) is 4.67. The molecule has 0 unspecified atom stereocenters. The van der Waals surface area contributed by atoms with Crippen LogP contribution in [0.25, 0.3) is 10.2 Å². The van der Waals surface area contributed by atoms with Crippen LogP contribution >= 0.6 is 11.3 Å². The van der Waals surface area contributed by atoms with Gasteiger partial charge in [-0.2, -0.15) is 0 Å². The minimum absolute atomic E-state index is 0.0789. The highest BCUT2D eigenvalue weighted by Gasteiger charge is 2.24. The Bertz CT molecular complexity index is 1010. The van der Waals surface area contributed by atoms with E-state index in [2.05, 4.69) is 15.6 Å². The first-order chi connectivity index (χ1) is 13.3. The Morgan fingerprint density at radius 3 is 2.82 bits per heavy atom. The minimum Gasteiger partial charge on any atom is -0.451 e. The van der Waals surface area contributed by atoms with Crippen LogP contribution in [0.5, 0.6) is 0 Å². The zero-order valence-corrected chi connectivity index (χ0v) is 16.8. The molecule has 0 fully saturated rings. The van der Waals surface area contributed by atoms with Crippen LogP contribution in [0.1, 0.15) is 47.7 Å². The van der Waals surface area contributed by atoms with E-state index in [0.717, 1.165) is 36.4 Å². The standard InChI is InChI=1S/C18H22N4O5S/c1-4-9(2)19-18(26)21-12(23)8-27-17(25)14-10(3)13-15(28-14)20-11-6-5-7-22(11)16(13)24/h9H,4-8H2,1-3H3,(H2,19,21,23,26)/t9-/m0/s1. The molecule has 2 N–H and O–H groups in total. The summed E-state index contributed by atoms with van der Waals surface area (Å²) in [5.74, 6) is -0.724. The highest BCUT2D eigenvalue weighted by molar-refractivity contribution is 7.20. The fourth-order valence-electron chi connectivity index (χ4n) is 2.99. The monoisotopic (exact) mass is 406 g/mol. The number of nitrogens with one attached hydrogen (secondary N) is 2. The number of imide groups is 1. The first-order valence-corrected chi connectivity index (χ1v) is 9.93. The zero-order valence-electron chi connectivity index (χ0n) is 16.0. The van der Waals surface area contributed by atoms with Crippen molar-refractivity contribution in [2.24, 2.45) is 0 Å². The average Bonchev–Trinajstić information content (AvgIpc) is 3.24.